The zero-order valence-electron chi connectivity index (χ0n) is 9.71. The number of hydrogen-bond donors (Lipinski definition) is 1. The first-order chi connectivity index (χ1) is 8.25. The zero-order chi connectivity index (χ0) is 12.1. The second kappa shape index (κ2) is 5.46. The van der Waals surface area contributed by atoms with Gasteiger partial charge in [-0.2, -0.15) is 0 Å². The number of pyridine rings is 1. The van der Waals surface area contributed by atoms with Gasteiger partial charge in [0.05, 0.1) is 6.10 Å². The molecule has 2 rings (SSSR count). The van der Waals surface area contributed by atoms with Crippen LogP contribution in [-0.4, -0.2) is 10.1 Å². The van der Waals surface area contributed by atoms with Crippen molar-refractivity contribution in [2.75, 3.05) is 0 Å². The molecule has 17 heavy (non-hydrogen) atoms. The maximum absolute atomic E-state index is 9.34. The molecule has 0 bridgehead atoms. The topological polar surface area (TPSA) is 42.4 Å². The van der Waals surface area contributed by atoms with Gasteiger partial charge in [0.2, 0.25) is 5.88 Å². The molecular formula is C14H15NO2. The molecule has 0 aliphatic heterocycles. The molecule has 1 heterocycles. The standard InChI is InChI=1S/C14H15NO2/c1-11(16)13-7-8-14(15-9-13)17-10-12-5-3-2-4-6-12/h2-9,11,16H,10H2,1H3. The minimum atomic E-state index is -0.495. The van der Waals surface area contributed by atoms with Crippen molar-refractivity contribution in [2.24, 2.45) is 0 Å². The fraction of sp³-hybridized carbons (Fsp3) is 0.214. The SMILES string of the molecule is CC(O)c1ccc(OCc2ccccc2)nc1. The largest absolute Gasteiger partial charge is 0.473 e. The number of aliphatic hydroxyl groups excluding tert-OH is 1. The van der Waals surface area contributed by atoms with Crippen molar-refractivity contribution in [3.05, 3.63) is 59.8 Å². The summed E-state index contributed by atoms with van der Waals surface area (Å²) >= 11 is 0. The number of rotatable bonds is 4. The van der Waals surface area contributed by atoms with Crippen molar-refractivity contribution in [3.63, 3.8) is 0 Å². The van der Waals surface area contributed by atoms with E-state index in [4.69, 9.17) is 4.74 Å². The van der Waals surface area contributed by atoms with Gasteiger partial charge < -0.3 is 9.84 Å². The molecular weight excluding hydrogens is 214 g/mol. The van der Waals surface area contributed by atoms with Gasteiger partial charge in [0.25, 0.3) is 0 Å². The lowest BCUT2D eigenvalue weighted by Crippen LogP contribution is -1.98. The van der Waals surface area contributed by atoms with Gasteiger partial charge in [-0.15, -0.1) is 0 Å². The average molecular weight is 229 g/mol. The van der Waals surface area contributed by atoms with E-state index in [0.717, 1.165) is 11.1 Å². The van der Waals surface area contributed by atoms with Crippen LogP contribution < -0.4 is 4.74 Å². The Bertz CT molecular complexity index is 451. The van der Waals surface area contributed by atoms with Crippen LogP contribution in [0.2, 0.25) is 0 Å². The summed E-state index contributed by atoms with van der Waals surface area (Å²) in [5, 5.41) is 9.34. The van der Waals surface area contributed by atoms with E-state index in [-0.39, 0.29) is 0 Å². The highest BCUT2D eigenvalue weighted by Crippen LogP contribution is 2.14. The maximum atomic E-state index is 9.34. The second-order valence-corrected chi connectivity index (χ2v) is 3.88. The van der Waals surface area contributed by atoms with Crippen LogP contribution in [0, 0.1) is 0 Å². The van der Waals surface area contributed by atoms with Gasteiger partial charge in [0, 0.05) is 12.3 Å². The molecule has 1 aromatic carbocycles. The summed E-state index contributed by atoms with van der Waals surface area (Å²) in [5.74, 6) is 0.568. The van der Waals surface area contributed by atoms with Crippen LogP contribution in [0.25, 0.3) is 0 Å². The minimum Gasteiger partial charge on any atom is -0.473 e. The molecule has 3 heteroatoms. The Kier molecular flexibility index (Phi) is 3.73. The number of aliphatic hydroxyl groups is 1. The highest BCUT2D eigenvalue weighted by molar-refractivity contribution is 5.20. The molecule has 0 saturated heterocycles. The van der Waals surface area contributed by atoms with Crippen LogP contribution in [0.5, 0.6) is 5.88 Å². The van der Waals surface area contributed by atoms with Crippen molar-refractivity contribution in [1.29, 1.82) is 0 Å². The molecule has 2 aromatic rings. The van der Waals surface area contributed by atoms with Crippen molar-refractivity contribution >= 4 is 0 Å². The van der Waals surface area contributed by atoms with Crippen molar-refractivity contribution in [1.82, 2.24) is 4.98 Å². The predicted octanol–water partition coefficient (Wildman–Crippen LogP) is 2.71. The summed E-state index contributed by atoms with van der Waals surface area (Å²) in [5.41, 5.74) is 1.89. The van der Waals surface area contributed by atoms with Crippen LogP contribution in [0.4, 0.5) is 0 Å². The van der Waals surface area contributed by atoms with Crippen molar-refractivity contribution < 1.29 is 9.84 Å². The summed E-state index contributed by atoms with van der Waals surface area (Å²) in [7, 11) is 0. The summed E-state index contributed by atoms with van der Waals surface area (Å²) in [6.07, 6.45) is 1.14. The van der Waals surface area contributed by atoms with Crippen LogP contribution in [0.15, 0.2) is 48.7 Å². The Labute approximate surface area is 101 Å². The van der Waals surface area contributed by atoms with Gasteiger partial charge in [-0.25, -0.2) is 4.98 Å². The molecule has 3 nitrogen and oxygen atoms in total. The summed E-state index contributed by atoms with van der Waals surface area (Å²) in [6.45, 7) is 2.21. The molecule has 0 amide bonds. The Morgan fingerprint density at radius 3 is 2.53 bits per heavy atom. The van der Waals surface area contributed by atoms with Gasteiger partial charge in [0.15, 0.2) is 0 Å². The van der Waals surface area contributed by atoms with Crippen LogP contribution in [-0.2, 0) is 6.61 Å². The Hall–Kier alpha value is -1.87. The quantitative estimate of drug-likeness (QED) is 0.876. The van der Waals surface area contributed by atoms with Crippen LogP contribution in [0.3, 0.4) is 0 Å². The van der Waals surface area contributed by atoms with Gasteiger partial charge in [-0.1, -0.05) is 30.3 Å². The molecule has 0 saturated carbocycles. The third-order valence-electron chi connectivity index (χ3n) is 2.47. The van der Waals surface area contributed by atoms with E-state index >= 15 is 0 Å². The lowest BCUT2D eigenvalue weighted by atomic mass is 10.2. The highest BCUT2D eigenvalue weighted by Gasteiger charge is 2.02. The molecule has 0 spiro atoms. The molecule has 0 aliphatic rings. The number of aromatic nitrogens is 1. The molecule has 88 valence electrons. The molecule has 0 aliphatic carbocycles. The number of benzene rings is 1. The number of nitrogens with zero attached hydrogens (tertiary/aromatic N) is 1. The molecule has 1 atom stereocenters. The third kappa shape index (κ3) is 3.29. The Balaban J connectivity index is 1.96. The lowest BCUT2D eigenvalue weighted by Gasteiger charge is -2.07. The highest BCUT2D eigenvalue weighted by atomic mass is 16.5. The summed E-state index contributed by atoms with van der Waals surface area (Å²) in [6, 6.07) is 13.5. The van der Waals surface area contributed by atoms with E-state index < -0.39 is 6.10 Å². The normalized spacial score (nSPS) is 12.1. The molecule has 1 unspecified atom stereocenters. The van der Waals surface area contributed by atoms with Gasteiger partial charge in [-0.05, 0) is 24.1 Å². The van der Waals surface area contributed by atoms with Crippen molar-refractivity contribution in [3.8, 4) is 5.88 Å². The first-order valence-electron chi connectivity index (χ1n) is 5.56. The fourth-order valence-corrected chi connectivity index (χ4v) is 1.46. The smallest absolute Gasteiger partial charge is 0.213 e. The van der Waals surface area contributed by atoms with Crippen LogP contribution in [0.1, 0.15) is 24.2 Å². The van der Waals surface area contributed by atoms with Crippen LogP contribution >= 0.6 is 0 Å². The Morgan fingerprint density at radius 2 is 1.94 bits per heavy atom. The second-order valence-electron chi connectivity index (χ2n) is 3.88. The summed E-state index contributed by atoms with van der Waals surface area (Å²) < 4.78 is 5.53. The number of hydrogen-bond acceptors (Lipinski definition) is 3. The van der Waals surface area contributed by atoms with E-state index in [2.05, 4.69) is 4.98 Å². The summed E-state index contributed by atoms with van der Waals surface area (Å²) in [4.78, 5) is 4.13. The molecule has 0 radical (unpaired) electrons. The first-order valence-corrected chi connectivity index (χ1v) is 5.56. The number of ether oxygens (including phenoxy) is 1. The predicted molar refractivity (Wildman–Crippen MR) is 65.6 cm³/mol. The molecule has 0 fully saturated rings. The maximum Gasteiger partial charge on any atom is 0.213 e. The minimum absolute atomic E-state index is 0.495. The monoisotopic (exact) mass is 229 g/mol. The van der Waals surface area contributed by atoms with E-state index in [1.807, 2.05) is 36.4 Å². The van der Waals surface area contributed by atoms with E-state index in [1.54, 1.807) is 19.2 Å². The van der Waals surface area contributed by atoms with E-state index in [9.17, 15) is 5.11 Å². The molecule has 1 N–H and O–H groups in total. The zero-order valence-corrected chi connectivity index (χ0v) is 9.71. The molecule has 1 aromatic heterocycles. The fourth-order valence-electron chi connectivity index (χ4n) is 1.46. The Morgan fingerprint density at radius 1 is 1.18 bits per heavy atom. The first kappa shape index (κ1) is 11.6. The average Bonchev–Trinajstić information content (AvgIpc) is 2.38. The lowest BCUT2D eigenvalue weighted by molar-refractivity contribution is 0.198. The van der Waals surface area contributed by atoms with E-state index in [1.165, 1.54) is 0 Å². The van der Waals surface area contributed by atoms with Crippen molar-refractivity contribution in [2.45, 2.75) is 19.6 Å². The van der Waals surface area contributed by atoms with E-state index in [0.29, 0.717) is 12.5 Å². The van der Waals surface area contributed by atoms with Gasteiger partial charge in [-0.3, -0.25) is 0 Å². The van der Waals surface area contributed by atoms with Gasteiger partial charge in [0.1, 0.15) is 6.61 Å². The third-order valence-corrected chi connectivity index (χ3v) is 2.47. The van der Waals surface area contributed by atoms with Gasteiger partial charge >= 0.3 is 0 Å².